The molecule has 0 atom stereocenters. The van der Waals surface area contributed by atoms with Gasteiger partial charge in [0.25, 0.3) is 0 Å². The minimum atomic E-state index is 0.105. The van der Waals surface area contributed by atoms with E-state index < -0.39 is 0 Å². The Balaban J connectivity index is 1.96. The smallest absolute Gasteiger partial charge is 0.202 e. The highest BCUT2D eigenvalue weighted by molar-refractivity contribution is 7.12. The van der Waals surface area contributed by atoms with E-state index in [2.05, 4.69) is 0 Å². The second-order valence-electron chi connectivity index (χ2n) is 4.08. The highest BCUT2D eigenvalue weighted by atomic mass is 32.1. The minimum absolute atomic E-state index is 0.105. The molecule has 1 aliphatic heterocycles. The van der Waals surface area contributed by atoms with Gasteiger partial charge in [-0.25, -0.2) is 0 Å². The van der Waals surface area contributed by atoms with Gasteiger partial charge in [0.15, 0.2) is 0 Å². The van der Waals surface area contributed by atoms with Gasteiger partial charge in [-0.3, -0.25) is 4.79 Å². The highest BCUT2D eigenvalue weighted by Gasteiger charge is 2.15. The fourth-order valence-corrected chi connectivity index (χ4v) is 2.74. The maximum absolute atomic E-state index is 12.2. The molecule has 0 spiro atoms. The average Bonchev–Trinajstić information content (AvgIpc) is 2.91. The second-order valence-corrected chi connectivity index (χ2v) is 5.03. The molecule has 86 valence electrons. The first-order chi connectivity index (χ1) is 8.34. The van der Waals surface area contributed by atoms with Crippen molar-refractivity contribution in [1.29, 1.82) is 0 Å². The quantitative estimate of drug-likeness (QED) is 0.758. The van der Waals surface area contributed by atoms with Crippen molar-refractivity contribution in [3.63, 3.8) is 0 Å². The van der Waals surface area contributed by atoms with Gasteiger partial charge in [-0.2, -0.15) is 0 Å². The summed E-state index contributed by atoms with van der Waals surface area (Å²) in [5.74, 6) is 1.03. The van der Waals surface area contributed by atoms with E-state index in [0.717, 1.165) is 41.2 Å². The molecule has 3 rings (SSSR count). The Kier molecular flexibility index (Phi) is 2.69. The third-order valence-electron chi connectivity index (χ3n) is 2.92. The molecule has 0 saturated carbocycles. The van der Waals surface area contributed by atoms with Crippen LogP contribution in [0.4, 0.5) is 0 Å². The molecule has 0 radical (unpaired) electrons. The number of hydrogen-bond donors (Lipinski definition) is 0. The van der Waals surface area contributed by atoms with Gasteiger partial charge >= 0.3 is 0 Å². The van der Waals surface area contributed by atoms with Crippen LogP contribution in [0, 0.1) is 0 Å². The molecule has 0 saturated heterocycles. The predicted molar refractivity (Wildman–Crippen MR) is 68.0 cm³/mol. The molecule has 2 aromatic rings. The van der Waals surface area contributed by atoms with Crippen LogP contribution in [0.5, 0.6) is 5.75 Å². The van der Waals surface area contributed by atoms with E-state index >= 15 is 0 Å². The Morgan fingerprint density at radius 2 is 2.24 bits per heavy atom. The Labute approximate surface area is 104 Å². The molecule has 2 nitrogen and oxygen atoms in total. The van der Waals surface area contributed by atoms with Gasteiger partial charge < -0.3 is 4.74 Å². The summed E-state index contributed by atoms with van der Waals surface area (Å²) >= 11 is 1.48. The summed E-state index contributed by atoms with van der Waals surface area (Å²) in [6.45, 7) is 0.783. The van der Waals surface area contributed by atoms with Crippen LogP contribution in [0.3, 0.4) is 0 Å². The summed E-state index contributed by atoms with van der Waals surface area (Å²) in [5, 5.41) is 1.93. The van der Waals surface area contributed by atoms with E-state index in [-0.39, 0.29) is 5.78 Å². The van der Waals surface area contributed by atoms with Gasteiger partial charge in [-0.1, -0.05) is 6.07 Å². The Morgan fingerprint density at radius 3 is 3.06 bits per heavy atom. The molecular formula is C14H12O2S. The molecule has 17 heavy (non-hydrogen) atoms. The SMILES string of the molecule is O=C(c1ccc2c(c1)CCCO2)c1cccs1. The monoisotopic (exact) mass is 244 g/mol. The van der Waals surface area contributed by atoms with Gasteiger partial charge in [0, 0.05) is 5.56 Å². The molecule has 0 fully saturated rings. The molecular weight excluding hydrogens is 232 g/mol. The van der Waals surface area contributed by atoms with Crippen LogP contribution in [-0.2, 0) is 6.42 Å². The fourth-order valence-electron chi connectivity index (χ4n) is 2.05. The van der Waals surface area contributed by atoms with Crippen LogP contribution >= 0.6 is 11.3 Å². The zero-order valence-corrected chi connectivity index (χ0v) is 10.1. The van der Waals surface area contributed by atoms with Crippen molar-refractivity contribution in [2.75, 3.05) is 6.61 Å². The Morgan fingerprint density at radius 1 is 1.29 bits per heavy atom. The number of ether oxygens (including phenoxy) is 1. The van der Waals surface area contributed by atoms with E-state index in [4.69, 9.17) is 4.74 Å². The Bertz CT molecular complexity index is 543. The lowest BCUT2D eigenvalue weighted by Gasteiger charge is -2.17. The number of fused-ring (bicyclic) bond motifs is 1. The topological polar surface area (TPSA) is 26.3 Å². The molecule has 0 N–H and O–H groups in total. The van der Waals surface area contributed by atoms with Crippen molar-refractivity contribution in [2.24, 2.45) is 0 Å². The summed E-state index contributed by atoms with van der Waals surface area (Å²) < 4.78 is 5.54. The van der Waals surface area contributed by atoms with Crippen LogP contribution in [0.25, 0.3) is 0 Å². The lowest BCUT2D eigenvalue weighted by Crippen LogP contribution is -2.09. The van der Waals surface area contributed by atoms with Gasteiger partial charge in [0.1, 0.15) is 5.75 Å². The molecule has 3 heteroatoms. The van der Waals surface area contributed by atoms with E-state index in [0.29, 0.717) is 0 Å². The number of carbonyl (C=O) groups is 1. The summed E-state index contributed by atoms with van der Waals surface area (Å²) in [6, 6.07) is 9.50. The van der Waals surface area contributed by atoms with Crippen molar-refractivity contribution in [2.45, 2.75) is 12.8 Å². The summed E-state index contributed by atoms with van der Waals surface area (Å²) in [4.78, 5) is 13.0. The average molecular weight is 244 g/mol. The molecule has 1 aliphatic rings. The number of thiophene rings is 1. The third kappa shape index (κ3) is 1.98. The fraction of sp³-hybridized carbons (Fsp3) is 0.214. The van der Waals surface area contributed by atoms with Crippen LogP contribution in [-0.4, -0.2) is 12.4 Å². The molecule has 0 bridgehead atoms. The third-order valence-corrected chi connectivity index (χ3v) is 3.78. The number of rotatable bonds is 2. The lowest BCUT2D eigenvalue weighted by atomic mass is 10.0. The van der Waals surface area contributed by atoms with E-state index in [1.807, 2.05) is 35.7 Å². The van der Waals surface area contributed by atoms with Crippen molar-refractivity contribution < 1.29 is 9.53 Å². The van der Waals surface area contributed by atoms with Crippen LogP contribution in [0.1, 0.15) is 27.2 Å². The normalized spacial score (nSPS) is 13.9. The maximum atomic E-state index is 12.2. The van der Waals surface area contributed by atoms with Crippen molar-refractivity contribution in [1.82, 2.24) is 0 Å². The van der Waals surface area contributed by atoms with Crippen molar-refractivity contribution in [3.8, 4) is 5.75 Å². The van der Waals surface area contributed by atoms with E-state index in [1.54, 1.807) is 0 Å². The van der Waals surface area contributed by atoms with Gasteiger partial charge in [0.05, 0.1) is 11.5 Å². The number of aryl methyl sites for hydroxylation is 1. The lowest BCUT2D eigenvalue weighted by molar-refractivity contribution is 0.104. The largest absolute Gasteiger partial charge is 0.493 e. The van der Waals surface area contributed by atoms with Crippen LogP contribution in [0.2, 0.25) is 0 Å². The van der Waals surface area contributed by atoms with Crippen LogP contribution < -0.4 is 4.74 Å². The maximum Gasteiger partial charge on any atom is 0.202 e. The molecule has 2 heterocycles. The van der Waals surface area contributed by atoms with Gasteiger partial charge in [-0.05, 0) is 48.1 Å². The predicted octanol–water partition coefficient (Wildman–Crippen LogP) is 3.30. The molecule has 0 amide bonds. The Hall–Kier alpha value is -1.61. The zero-order valence-electron chi connectivity index (χ0n) is 9.31. The summed E-state index contributed by atoms with van der Waals surface area (Å²) in [5.41, 5.74) is 1.91. The highest BCUT2D eigenvalue weighted by Crippen LogP contribution is 2.27. The zero-order chi connectivity index (χ0) is 11.7. The van der Waals surface area contributed by atoms with Gasteiger partial charge in [-0.15, -0.1) is 11.3 Å². The van der Waals surface area contributed by atoms with Gasteiger partial charge in [0.2, 0.25) is 5.78 Å². The second kappa shape index (κ2) is 4.34. The number of carbonyl (C=O) groups excluding carboxylic acids is 1. The minimum Gasteiger partial charge on any atom is -0.493 e. The number of hydrogen-bond acceptors (Lipinski definition) is 3. The molecule has 0 unspecified atom stereocenters. The number of benzene rings is 1. The number of ketones is 1. The van der Waals surface area contributed by atoms with Crippen molar-refractivity contribution in [3.05, 3.63) is 51.7 Å². The first kappa shape index (κ1) is 10.5. The summed E-state index contributed by atoms with van der Waals surface area (Å²) in [6.07, 6.45) is 2.03. The van der Waals surface area contributed by atoms with E-state index in [1.165, 1.54) is 11.3 Å². The molecule has 1 aromatic carbocycles. The molecule has 1 aromatic heterocycles. The first-order valence-electron chi connectivity index (χ1n) is 5.68. The van der Waals surface area contributed by atoms with Crippen molar-refractivity contribution >= 4 is 17.1 Å². The van der Waals surface area contributed by atoms with Crippen LogP contribution in [0.15, 0.2) is 35.7 Å². The first-order valence-corrected chi connectivity index (χ1v) is 6.56. The standard InChI is InChI=1S/C14H12O2S/c15-14(13-4-2-8-17-13)11-5-6-12-10(9-11)3-1-7-16-12/h2,4-6,8-9H,1,3,7H2. The molecule has 0 aliphatic carbocycles. The van der Waals surface area contributed by atoms with E-state index in [9.17, 15) is 4.79 Å². The summed E-state index contributed by atoms with van der Waals surface area (Å²) in [7, 11) is 0.